The maximum atomic E-state index is 11.9. The predicted molar refractivity (Wildman–Crippen MR) is 75.2 cm³/mol. The molecular weight excluding hydrogens is 242 g/mol. The van der Waals surface area contributed by atoms with Crippen molar-refractivity contribution in [1.29, 1.82) is 0 Å². The Balaban J connectivity index is 2.01. The predicted octanol–water partition coefficient (Wildman–Crippen LogP) is 0.754. The minimum atomic E-state index is -0.279. The summed E-state index contributed by atoms with van der Waals surface area (Å²) in [6.07, 6.45) is 6.68. The highest BCUT2D eigenvalue weighted by atomic mass is 16.2. The number of nitrogens with zero attached hydrogens (tertiary/aromatic N) is 2. The minimum Gasteiger partial charge on any atom is -0.312 e. The molecule has 19 heavy (non-hydrogen) atoms. The summed E-state index contributed by atoms with van der Waals surface area (Å²) in [5.41, 5.74) is 0.645. The van der Waals surface area contributed by atoms with Crippen molar-refractivity contribution in [2.75, 3.05) is 6.54 Å². The van der Waals surface area contributed by atoms with Gasteiger partial charge in [0.15, 0.2) is 0 Å². The topological polar surface area (TPSA) is 56.0 Å². The van der Waals surface area contributed by atoms with Gasteiger partial charge in [-0.05, 0) is 24.7 Å². The molecule has 0 unspecified atom stereocenters. The van der Waals surface area contributed by atoms with Crippen molar-refractivity contribution in [2.24, 2.45) is 19.5 Å². The second kappa shape index (κ2) is 5.33. The summed E-state index contributed by atoms with van der Waals surface area (Å²) in [6.45, 7) is 3.71. The first-order chi connectivity index (χ1) is 8.99. The highest BCUT2D eigenvalue weighted by Gasteiger charge is 2.40. The van der Waals surface area contributed by atoms with Gasteiger partial charge in [0.25, 0.3) is 5.56 Å². The largest absolute Gasteiger partial charge is 0.330 e. The molecule has 1 fully saturated rings. The molecule has 1 saturated carbocycles. The molecule has 0 atom stereocenters. The van der Waals surface area contributed by atoms with Crippen molar-refractivity contribution in [3.63, 3.8) is 0 Å². The van der Waals surface area contributed by atoms with E-state index >= 15 is 0 Å². The first kappa shape index (κ1) is 14.1. The van der Waals surface area contributed by atoms with Crippen LogP contribution < -0.4 is 16.6 Å². The molecular formula is C14H23N3O2. The van der Waals surface area contributed by atoms with Crippen molar-refractivity contribution in [3.8, 4) is 0 Å². The Morgan fingerprint density at radius 2 is 2.00 bits per heavy atom. The number of rotatable bonds is 6. The molecule has 0 bridgehead atoms. The molecule has 0 saturated heterocycles. The first-order valence-corrected chi connectivity index (χ1v) is 6.95. The van der Waals surface area contributed by atoms with E-state index < -0.39 is 0 Å². The van der Waals surface area contributed by atoms with Crippen molar-refractivity contribution in [1.82, 2.24) is 14.5 Å². The molecule has 1 aromatic rings. The third-order valence-electron chi connectivity index (χ3n) is 4.07. The van der Waals surface area contributed by atoms with Gasteiger partial charge in [0.2, 0.25) is 0 Å². The summed E-state index contributed by atoms with van der Waals surface area (Å²) in [6, 6.07) is 0. The standard InChI is InChI=1S/C14H23N3O2/c1-4-5-14(6-7-14)10-15-8-11-9-16(2)13(19)17(3)12(11)18/h9,15H,4-8,10H2,1-3H3. The highest BCUT2D eigenvalue weighted by molar-refractivity contribution is 5.06. The zero-order valence-electron chi connectivity index (χ0n) is 12.0. The Morgan fingerprint density at radius 1 is 1.32 bits per heavy atom. The monoisotopic (exact) mass is 265 g/mol. The van der Waals surface area contributed by atoms with E-state index in [1.165, 1.54) is 37.3 Å². The first-order valence-electron chi connectivity index (χ1n) is 6.95. The van der Waals surface area contributed by atoms with Crippen molar-refractivity contribution >= 4 is 0 Å². The van der Waals surface area contributed by atoms with E-state index in [4.69, 9.17) is 0 Å². The van der Waals surface area contributed by atoms with Gasteiger partial charge in [0.05, 0.1) is 0 Å². The summed E-state index contributed by atoms with van der Waals surface area (Å²) < 4.78 is 2.62. The van der Waals surface area contributed by atoms with Crippen LogP contribution in [-0.4, -0.2) is 15.7 Å². The molecule has 0 radical (unpaired) electrons. The van der Waals surface area contributed by atoms with E-state index in [9.17, 15) is 9.59 Å². The van der Waals surface area contributed by atoms with Gasteiger partial charge in [-0.2, -0.15) is 0 Å². The average Bonchev–Trinajstić information content (AvgIpc) is 3.13. The number of aromatic nitrogens is 2. The van der Waals surface area contributed by atoms with Gasteiger partial charge in [0.1, 0.15) is 0 Å². The molecule has 1 heterocycles. The zero-order valence-corrected chi connectivity index (χ0v) is 12.0. The van der Waals surface area contributed by atoms with Crippen LogP contribution in [0.15, 0.2) is 15.8 Å². The highest BCUT2D eigenvalue weighted by Crippen LogP contribution is 2.48. The molecule has 0 aromatic carbocycles. The summed E-state index contributed by atoms with van der Waals surface area (Å²) >= 11 is 0. The Bertz CT molecular complexity index is 567. The van der Waals surface area contributed by atoms with E-state index in [0.717, 1.165) is 11.1 Å². The lowest BCUT2D eigenvalue weighted by atomic mass is 10.0. The smallest absolute Gasteiger partial charge is 0.312 e. The Kier molecular flexibility index (Phi) is 3.94. The molecule has 1 aliphatic rings. The number of hydrogen-bond donors (Lipinski definition) is 1. The van der Waals surface area contributed by atoms with Gasteiger partial charge < -0.3 is 9.88 Å². The van der Waals surface area contributed by atoms with Gasteiger partial charge >= 0.3 is 5.69 Å². The molecule has 106 valence electrons. The normalized spacial score (nSPS) is 16.6. The fourth-order valence-electron chi connectivity index (χ4n) is 2.69. The van der Waals surface area contributed by atoms with Crippen LogP contribution in [0.1, 0.15) is 38.2 Å². The maximum Gasteiger partial charge on any atom is 0.330 e. The van der Waals surface area contributed by atoms with Crippen LogP contribution in [0.3, 0.4) is 0 Å². The molecule has 1 aliphatic carbocycles. The number of hydrogen-bond acceptors (Lipinski definition) is 3. The Labute approximate surface area is 113 Å². The quantitative estimate of drug-likeness (QED) is 0.826. The molecule has 0 aliphatic heterocycles. The van der Waals surface area contributed by atoms with Gasteiger partial charge in [-0.15, -0.1) is 0 Å². The summed E-state index contributed by atoms with van der Waals surface area (Å²) in [5, 5.41) is 3.38. The van der Waals surface area contributed by atoms with Crippen LogP contribution in [0.2, 0.25) is 0 Å². The summed E-state index contributed by atoms with van der Waals surface area (Å²) in [5.74, 6) is 0. The van der Waals surface area contributed by atoms with Crippen LogP contribution in [0, 0.1) is 5.41 Å². The second-order valence-electron chi connectivity index (χ2n) is 5.77. The summed E-state index contributed by atoms with van der Waals surface area (Å²) in [4.78, 5) is 23.5. The van der Waals surface area contributed by atoms with E-state index in [-0.39, 0.29) is 11.2 Å². The SMILES string of the molecule is CCCC1(CNCc2cn(C)c(=O)n(C)c2=O)CC1. The third kappa shape index (κ3) is 2.97. The van der Waals surface area contributed by atoms with Gasteiger partial charge in [0, 0.05) is 38.9 Å². The van der Waals surface area contributed by atoms with E-state index in [0.29, 0.717) is 17.5 Å². The fourth-order valence-corrected chi connectivity index (χ4v) is 2.69. The lowest BCUT2D eigenvalue weighted by molar-refractivity contribution is 0.419. The zero-order chi connectivity index (χ0) is 14.0. The van der Waals surface area contributed by atoms with Crippen LogP contribution >= 0.6 is 0 Å². The molecule has 1 aromatic heterocycles. The van der Waals surface area contributed by atoms with E-state index in [1.54, 1.807) is 13.2 Å². The number of nitrogens with one attached hydrogen (secondary N) is 1. The van der Waals surface area contributed by atoms with Crippen molar-refractivity contribution in [2.45, 2.75) is 39.2 Å². The van der Waals surface area contributed by atoms with E-state index in [1.807, 2.05) is 0 Å². The van der Waals surface area contributed by atoms with Crippen LogP contribution in [0.5, 0.6) is 0 Å². The molecule has 1 N–H and O–H groups in total. The van der Waals surface area contributed by atoms with E-state index in [2.05, 4.69) is 12.2 Å². The Morgan fingerprint density at radius 3 is 2.58 bits per heavy atom. The van der Waals surface area contributed by atoms with Crippen molar-refractivity contribution in [3.05, 3.63) is 32.6 Å². The number of aryl methyl sites for hydroxylation is 1. The summed E-state index contributed by atoms with van der Waals surface area (Å²) in [7, 11) is 3.19. The second-order valence-corrected chi connectivity index (χ2v) is 5.77. The van der Waals surface area contributed by atoms with Crippen LogP contribution in [-0.2, 0) is 20.6 Å². The lowest BCUT2D eigenvalue weighted by Crippen LogP contribution is -2.39. The molecule has 5 nitrogen and oxygen atoms in total. The molecule has 0 amide bonds. The maximum absolute atomic E-state index is 11.9. The van der Waals surface area contributed by atoms with Crippen LogP contribution in [0.4, 0.5) is 0 Å². The fraction of sp³-hybridized carbons (Fsp3) is 0.714. The molecule has 5 heteroatoms. The van der Waals surface area contributed by atoms with Gasteiger partial charge in [-0.3, -0.25) is 9.36 Å². The average molecular weight is 265 g/mol. The van der Waals surface area contributed by atoms with Gasteiger partial charge in [-0.25, -0.2) is 4.79 Å². The third-order valence-corrected chi connectivity index (χ3v) is 4.07. The Hall–Kier alpha value is -1.36. The molecule has 0 spiro atoms. The van der Waals surface area contributed by atoms with Gasteiger partial charge in [-0.1, -0.05) is 13.3 Å². The minimum absolute atomic E-state index is 0.198. The van der Waals surface area contributed by atoms with Crippen LogP contribution in [0.25, 0.3) is 0 Å². The molecule has 2 rings (SSSR count). The lowest BCUT2D eigenvalue weighted by Gasteiger charge is -2.15. The van der Waals surface area contributed by atoms with Crippen molar-refractivity contribution < 1.29 is 0 Å².